The smallest absolute Gasteiger partial charge is 0.309 e. The number of hydrogen-bond acceptors (Lipinski definition) is 5. The maximum atomic E-state index is 12.3. The molecule has 1 aromatic heterocycles. The molecule has 1 aromatic carbocycles. The summed E-state index contributed by atoms with van der Waals surface area (Å²) < 4.78 is 11.0. The predicted molar refractivity (Wildman–Crippen MR) is 112 cm³/mol. The van der Waals surface area contributed by atoms with Crippen molar-refractivity contribution in [1.29, 1.82) is 0 Å². The number of fused-ring (bicyclic) bond motifs is 1. The summed E-state index contributed by atoms with van der Waals surface area (Å²) in [5, 5.41) is 3.76. The number of para-hydroxylation sites is 1. The third-order valence-corrected chi connectivity index (χ3v) is 5.35. The summed E-state index contributed by atoms with van der Waals surface area (Å²) >= 11 is 0. The van der Waals surface area contributed by atoms with Gasteiger partial charge in [-0.2, -0.15) is 0 Å². The van der Waals surface area contributed by atoms with E-state index in [1.807, 2.05) is 58.0 Å². The van der Waals surface area contributed by atoms with Gasteiger partial charge < -0.3 is 19.4 Å². The van der Waals surface area contributed by atoms with Crippen molar-refractivity contribution in [2.75, 3.05) is 19.7 Å². The van der Waals surface area contributed by atoms with Crippen LogP contribution in [0, 0.1) is 11.3 Å². The second kappa shape index (κ2) is 8.90. The highest BCUT2D eigenvalue weighted by atomic mass is 16.5. The lowest BCUT2D eigenvalue weighted by molar-refractivity contribution is -0.155. The first kappa shape index (κ1) is 21.9. The summed E-state index contributed by atoms with van der Waals surface area (Å²) in [5.41, 5.74) is 0.332. The van der Waals surface area contributed by atoms with Gasteiger partial charge in [-0.3, -0.25) is 14.4 Å². The van der Waals surface area contributed by atoms with E-state index in [0.717, 1.165) is 11.0 Å². The van der Waals surface area contributed by atoms with E-state index in [1.54, 1.807) is 4.90 Å². The van der Waals surface area contributed by atoms with Crippen molar-refractivity contribution in [1.82, 2.24) is 10.2 Å². The predicted octanol–water partition coefficient (Wildman–Crippen LogP) is 3.44. The third-order valence-electron chi connectivity index (χ3n) is 5.35. The number of piperidine rings is 1. The molecule has 0 aliphatic carbocycles. The lowest BCUT2D eigenvalue weighted by Gasteiger charge is -2.34. The van der Waals surface area contributed by atoms with Crippen molar-refractivity contribution >= 4 is 28.8 Å². The average molecular weight is 415 g/mol. The van der Waals surface area contributed by atoms with Gasteiger partial charge in [0.05, 0.1) is 12.0 Å². The first-order valence-electron chi connectivity index (χ1n) is 10.4. The SMILES string of the molecule is C[C@@H](NC(=O)COC(=O)C1CCN(C(=O)C(C)(C)C)CC1)c1cc2ccccc2o1. The summed E-state index contributed by atoms with van der Waals surface area (Å²) in [5.74, 6) is -0.310. The largest absolute Gasteiger partial charge is 0.459 e. The fraction of sp³-hybridized carbons (Fsp3) is 0.522. The summed E-state index contributed by atoms with van der Waals surface area (Å²) in [6, 6.07) is 9.18. The van der Waals surface area contributed by atoms with Crippen LogP contribution in [0.25, 0.3) is 11.0 Å². The topological polar surface area (TPSA) is 88.9 Å². The highest BCUT2D eigenvalue weighted by Crippen LogP contribution is 2.25. The zero-order valence-corrected chi connectivity index (χ0v) is 18.1. The molecule has 0 spiro atoms. The molecule has 0 bridgehead atoms. The molecule has 2 heterocycles. The summed E-state index contributed by atoms with van der Waals surface area (Å²) in [6.07, 6.45) is 1.11. The number of likely N-dealkylation sites (tertiary alicyclic amines) is 1. The number of carbonyl (C=O) groups is 3. The molecule has 0 unspecified atom stereocenters. The molecule has 2 aromatic rings. The van der Waals surface area contributed by atoms with E-state index in [2.05, 4.69) is 5.32 Å². The number of benzene rings is 1. The Morgan fingerprint density at radius 1 is 1.20 bits per heavy atom. The fourth-order valence-electron chi connectivity index (χ4n) is 3.62. The second-order valence-electron chi connectivity index (χ2n) is 8.90. The standard InChI is InChI=1S/C23H30N2O5/c1-15(19-13-17-7-5-6-8-18(17)30-19)24-20(26)14-29-21(27)16-9-11-25(12-10-16)22(28)23(2,3)4/h5-8,13,15-16H,9-12,14H2,1-4H3,(H,24,26)/t15-/m1/s1. The third kappa shape index (κ3) is 5.20. The Morgan fingerprint density at radius 3 is 2.50 bits per heavy atom. The highest BCUT2D eigenvalue weighted by Gasteiger charge is 2.33. The molecule has 162 valence electrons. The molecule has 1 aliphatic rings. The Balaban J connectivity index is 1.43. The van der Waals surface area contributed by atoms with Crippen LogP contribution < -0.4 is 5.32 Å². The van der Waals surface area contributed by atoms with Crippen LogP contribution in [0.5, 0.6) is 0 Å². The number of nitrogens with zero attached hydrogens (tertiary/aromatic N) is 1. The van der Waals surface area contributed by atoms with Gasteiger partial charge in [0, 0.05) is 23.9 Å². The minimum absolute atomic E-state index is 0.0910. The van der Waals surface area contributed by atoms with Crippen LogP contribution in [0.4, 0.5) is 0 Å². The van der Waals surface area contributed by atoms with E-state index >= 15 is 0 Å². The van der Waals surface area contributed by atoms with Gasteiger partial charge in [0.2, 0.25) is 5.91 Å². The molecule has 1 atom stereocenters. The quantitative estimate of drug-likeness (QED) is 0.757. The molecule has 7 heteroatoms. The summed E-state index contributed by atoms with van der Waals surface area (Å²) in [4.78, 5) is 38.7. The zero-order chi connectivity index (χ0) is 21.9. The monoisotopic (exact) mass is 414 g/mol. The fourth-order valence-corrected chi connectivity index (χ4v) is 3.62. The van der Waals surface area contributed by atoms with Crippen molar-refractivity contribution in [3.05, 3.63) is 36.1 Å². The zero-order valence-electron chi connectivity index (χ0n) is 18.1. The second-order valence-corrected chi connectivity index (χ2v) is 8.90. The van der Waals surface area contributed by atoms with Crippen LogP contribution in [0.1, 0.15) is 52.3 Å². The lowest BCUT2D eigenvalue weighted by atomic mass is 9.91. The van der Waals surface area contributed by atoms with Crippen molar-refractivity contribution < 1.29 is 23.5 Å². The minimum Gasteiger partial charge on any atom is -0.459 e. The molecular weight excluding hydrogens is 384 g/mol. The maximum Gasteiger partial charge on any atom is 0.309 e. The van der Waals surface area contributed by atoms with Gasteiger partial charge in [0.25, 0.3) is 5.91 Å². The molecule has 3 rings (SSSR count). The number of rotatable bonds is 5. The first-order valence-corrected chi connectivity index (χ1v) is 10.4. The molecule has 7 nitrogen and oxygen atoms in total. The maximum absolute atomic E-state index is 12.3. The van der Waals surface area contributed by atoms with Gasteiger partial charge in [-0.1, -0.05) is 39.0 Å². The van der Waals surface area contributed by atoms with Crippen LogP contribution >= 0.6 is 0 Å². The Kier molecular flexibility index (Phi) is 6.48. The van der Waals surface area contributed by atoms with E-state index in [1.165, 1.54) is 0 Å². The highest BCUT2D eigenvalue weighted by molar-refractivity contribution is 5.83. The molecular formula is C23H30N2O5. The molecule has 0 radical (unpaired) electrons. The Morgan fingerprint density at radius 2 is 1.87 bits per heavy atom. The normalized spacial score (nSPS) is 16.3. The van der Waals surface area contributed by atoms with Crippen LogP contribution in [0.15, 0.2) is 34.7 Å². The van der Waals surface area contributed by atoms with Crippen LogP contribution in [-0.4, -0.2) is 42.4 Å². The Hall–Kier alpha value is -2.83. The van der Waals surface area contributed by atoms with Crippen LogP contribution in [0.2, 0.25) is 0 Å². The van der Waals surface area contributed by atoms with E-state index in [0.29, 0.717) is 31.7 Å². The summed E-state index contributed by atoms with van der Waals surface area (Å²) in [6.45, 7) is 8.22. The van der Waals surface area contributed by atoms with Gasteiger partial charge >= 0.3 is 5.97 Å². The van der Waals surface area contributed by atoms with Gasteiger partial charge in [-0.25, -0.2) is 0 Å². The number of carbonyl (C=O) groups excluding carboxylic acids is 3. The van der Waals surface area contributed by atoms with E-state index < -0.39 is 5.41 Å². The number of furan rings is 1. The summed E-state index contributed by atoms with van der Waals surface area (Å²) in [7, 11) is 0. The Bertz CT molecular complexity index is 886. The molecule has 2 amide bonds. The van der Waals surface area contributed by atoms with Crippen molar-refractivity contribution in [3.8, 4) is 0 Å². The molecule has 1 N–H and O–H groups in total. The van der Waals surface area contributed by atoms with Gasteiger partial charge in [-0.05, 0) is 31.9 Å². The van der Waals surface area contributed by atoms with Crippen LogP contribution in [0.3, 0.4) is 0 Å². The number of hydrogen-bond donors (Lipinski definition) is 1. The minimum atomic E-state index is -0.429. The number of nitrogens with one attached hydrogen (secondary N) is 1. The first-order chi connectivity index (χ1) is 14.1. The van der Waals surface area contributed by atoms with Gasteiger partial charge in [-0.15, -0.1) is 0 Å². The van der Waals surface area contributed by atoms with E-state index in [4.69, 9.17) is 9.15 Å². The number of ether oxygens (including phenoxy) is 1. The van der Waals surface area contributed by atoms with Gasteiger partial charge in [0.15, 0.2) is 6.61 Å². The number of amides is 2. The van der Waals surface area contributed by atoms with Crippen LogP contribution in [-0.2, 0) is 19.1 Å². The molecule has 1 saturated heterocycles. The number of esters is 1. The van der Waals surface area contributed by atoms with Crippen molar-refractivity contribution in [3.63, 3.8) is 0 Å². The van der Waals surface area contributed by atoms with E-state index in [9.17, 15) is 14.4 Å². The van der Waals surface area contributed by atoms with Crippen molar-refractivity contribution in [2.45, 2.75) is 46.6 Å². The Labute approximate surface area is 176 Å². The van der Waals surface area contributed by atoms with E-state index in [-0.39, 0.29) is 36.4 Å². The van der Waals surface area contributed by atoms with Gasteiger partial charge in [0.1, 0.15) is 11.3 Å². The van der Waals surface area contributed by atoms with Crippen molar-refractivity contribution in [2.24, 2.45) is 11.3 Å². The molecule has 0 saturated carbocycles. The molecule has 1 aliphatic heterocycles. The molecule has 1 fully saturated rings. The molecule has 30 heavy (non-hydrogen) atoms. The average Bonchev–Trinajstić information content (AvgIpc) is 3.15. The lowest BCUT2D eigenvalue weighted by Crippen LogP contribution is -2.45.